The van der Waals surface area contributed by atoms with Crippen molar-refractivity contribution in [3.8, 4) is 5.75 Å². The van der Waals surface area contributed by atoms with Crippen LogP contribution >= 0.6 is 0 Å². The van der Waals surface area contributed by atoms with Crippen molar-refractivity contribution in [1.29, 1.82) is 0 Å². The Balaban J connectivity index is 0.000000671. The predicted molar refractivity (Wildman–Crippen MR) is 56.8 cm³/mol. The van der Waals surface area contributed by atoms with Gasteiger partial charge in [0.1, 0.15) is 5.75 Å². The molecule has 0 aliphatic heterocycles. The molecule has 0 bridgehead atoms. The number of hydrogen-bond acceptors (Lipinski definition) is 2. The van der Waals surface area contributed by atoms with Gasteiger partial charge in [0.25, 0.3) is 0 Å². The minimum atomic E-state index is 0.150. The summed E-state index contributed by atoms with van der Waals surface area (Å²) >= 11 is 0. The fourth-order valence-electron chi connectivity index (χ4n) is 1.06. The van der Waals surface area contributed by atoms with E-state index >= 15 is 0 Å². The summed E-state index contributed by atoms with van der Waals surface area (Å²) in [5, 5.41) is 9.09. The molecule has 0 fully saturated rings. The van der Waals surface area contributed by atoms with Crippen LogP contribution in [0.4, 0.5) is 0 Å². The van der Waals surface area contributed by atoms with Gasteiger partial charge in [0, 0.05) is 6.04 Å². The maximum atomic E-state index is 9.09. The zero-order valence-corrected chi connectivity index (χ0v) is 8.62. The van der Waals surface area contributed by atoms with Crippen LogP contribution in [0, 0.1) is 0 Å². The van der Waals surface area contributed by atoms with E-state index in [4.69, 9.17) is 10.8 Å². The van der Waals surface area contributed by atoms with Gasteiger partial charge < -0.3 is 10.8 Å². The molecule has 0 saturated heterocycles. The van der Waals surface area contributed by atoms with Gasteiger partial charge in [0.2, 0.25) is 0 Å². The van der Waals surface area contributed by atoms with Crippen LogP contribution in [-0.4, -0.2) is 11.1 Å². The van der Waals surface area contributed by atoms with E-state index in [1.54, 1.807) is 12.1 Å². The highest BCUT2D eigenvalue weighted by molar-refractivity contribution is 5.27. The van der Waals surface area contributed by atoms with Crippen molar-refractivity contribution in [3.05, 3.63) is 29.8 Å². The van der Waals surface area contributed by atoms with Crippen LogP contribution in [0.5, 0.6) is 5.75 Å². The molecule has 0 heterocycles. The molecule has 0 spiro atoms. The lowest BCUT2D eigenvalue weighted by molar-refractivity contribution is 0.474. The van der Waals surface area contributed by atoms with Gasteiger partial charge in [-0.15, -0.1) is 0 Å². The topological polar surface area (TPSA) is 46.2 Å². The molecule has 3 N–H and O–H groups in total. The molecule has 74 valence electrons. The highest BCUT2D eigenvalue weighted by Gasteiger charge is 1.97. The summed E-state index contributed by atoms with van der Waals surface area (Å²) in [7, 11) is 0. The maximum absolute atomic E-state index is 9.09. The van der Waals surface area contributed by atoms with E-state index in [2.05, 4.69) is 0 Å². The highest BCUT2D eigenvalue weighted by Crippen LogP contribution is 2.11. The first kappa shape index (κ1) is 12.0. The Bertz CT molecular complexity index is 233. The molecule has 0 saturated carbocycles. The van der Waals surface area contributed by atoms with Crippen molar-refractivity contribution in [2.24, 2.45) is 5.73 Å². The SMILES string of the molecule is CC.CC(N)Cc1cccc(O)c1. The Kier molecular flexibility index (Phi) is 5.98. The van der Waals surface area contributed by atoms with Crippen molar-refractivity contribution in [2.45, 2.75) is 33.2 Å². The fourth-order valence-corrected chi connectivity index (χ4v) is 1.06. The molecule has 0 aliphatic carbocycles. The van der Waals surface area contributed by atoms with Gasteiger partial charge in [-0.05, 0) is 31.0 Å². The Hall–Kier alpha value is -1.02. The molecule has 0 aliphatic rings. The van der Waals surface area contributed by atoms with Crippen molar-refractivity contribution in [2.75, 3.05) is 0 Å². The van der Waals surface area contributed by atoms with Crippen molar-refractivity contribution < 1.29 is 5.11 Å². The largest absolute Gasteiger partial charge is 0.508 e. The van der Waals surface area contributed by atoms with Gasteiger partial charge in [0.15, 0.2) is 0 Å². The second-order valence-electron chi connectivity index (χ2n) is 2.85. The molecule has 0 radical (unpaired) electrons. The lowest BCUT2D eigenvalue weighted by Gasteiger charge is -2.04. The van der Waals surface area contributed by atoms with E-state index in [1.807, 2.05) is 32.9 Å². The summed E-state index contributed by atoms with van der Waals surface area (Å²) < 4.78 is 0. The third-order valence-corrected chi connectivity index (χ3v) is 1.47. The van der Waals surface area contributed by atoms with Crippen molar-refractivity contribution in [3.63, 3.8) is 0 Å². The van der Waals surface area contributed by atoms with Crippen molar-refractivity contribution >= 4 is 0 Å². The molecular weight excluding hydrogens is 162 g/mol. The lowest BCUT2D eigenvalue weighted by Crippen LogP contribution is -2.17. The lowest BCUT2D eigenvalue weighted by atomic mass is 10.1. The summed E-state index contributed by atoms with van der Waals surface area (Å²) in [5.41, 5.74) is 6.68. The van der Waals surface area contributed by atoms with E-state index < -0.39 is 0 Å². The van der Waals surface area contributed by atoms with Gasteiger partial charge >= 0.3 is 0 Å². The molecule has 1 aromatic carbocycles. The summed E-state index contributed by atoms with van der Waals surface area (Å²) in [6, 6.07) is 7.33. The van der Waals surface area contributed by atoms with Crippen LogP contribution in [0.2, 0.25) is 0 Å². The van der Waals surface area contributed by atoms with Gasteiger partial charge in [-0.1, -0.05) is 26.0 Å². The molecule has 2 heteroatoms. The quantitative estimate of drug-likeness (QED) is 0.735. The summed E-state index contributed by atoms with van der Waals surface area (Å²) in [4.78, 5) is 0. The average molecular weight is 181 g/mol. The first-order valence-corrected chi connectivity index (χ1v) is 4.72. The summed E-state index contributed by atoms with van der Waals surface area (Å²) in [6.45, 7) is 5.95. The first-order valence-electron chi connectivity index (χ1n) is 4.72. The Morgan fingerprint density at radius 2 is 2.00 bits per heavy atom. The second kappa shape index (κ2) is 6.49. The van der Waals surface area contributed by atoms with Crippen LogP contribution in [-0.2, 0) is 6.42 Å². The summed E-state index contributed by atoms with van der Waals surface area (Å²) in [6.07, 6.45) is 0.814. The zero-order valence-electron chi connectivity index (χ0n) is 8.62. The van der Waals surface area contributed by atoms with E-state index in [-0.39, 0.29) is 6.04 Å². The van der Waals surface area contributed by atoms with Crippen LogP contribution in [0.1, 0.15) is 26.3 Å². The minimum Gasteiger partial charge on any atom is -0.508 e. The minimum absolute atomic E-state index is 0.150. The number of benzene rings is 1. The van der Waals surface area contributed by atoms with E-state index in [0.717, 1.165) is 12.0 Å². The molecule has 0 amide bonds. The van der Waals surface area contributed by atoms with Crippen LogP contribution < -0.4 is 5.73 Å². The average Bonchev–Trinajstić information content (AvgIpc) is 2.06. The fraction of sp³-hybridized carbons (Fsp3) is 0.455. The Morgan fingerprint density at radius 3 is 2.46 bits per heavy atom. The molecule has 1 aromatic rings. The van der Waals surface area contributed by atoms with Gasteiger partial charge in [-0.2, -0.15) is 0 Å². The third kappa shape index (κ3) is 5.26. The predicted octanol–water partition coefficient (Wildman–Crippen LogP) is 2.31. The van der Waals surface area contributed by atoms with Crippen LogP contribution in [0.25, 0.3) is 0 Å². The Morgan fingerprint density at radius 1 is 1.38 bits per heavy atom. The maximum Gasteiger partial charge on any atom is 0.115 e. The van der Waals surface area contributed by atoms with Gasteiger partial charge in [-0.25, -0.2) is 0 Å². The number of phenols is 1. The Labute approximate surface area is 80.4 Å². The zero-order chi connectivity index (χ0) is 10.3. The van der Waals surface area contributed by atoms with Gasteiger partial charge in [0.05, 0.1) is 0 Å². The third-order valence-electron chi connectivity index (χ3n) is 1.47. The second-order valence-corrected chi connectivity index (χ2v) is 2.85. The molecule has 1 atom stereocenters. The number of phenolic OH excluding ortho intramolecular Hbond substituents is 1. The summed E-state index contributed by atoms with van der Waals surface area (Å²) in [5.74, 6) is 0.308. The van der Waals surface area contributed by atoms with Crippen molar-refractivity contribution in [1.82, 2.24) is 0 Å². The number of rotatable bonds is 2. The van der Waals surface area contributed by atoms with Crippen LogP contribution in [0.15, 0.2) is 24.3 Å². The molecule has 0 aromatic heterocycles. The standard InChI is InChI=1S/C9H13NO.C2H6/c1-7(10)5-8-3-2-4-9(11)6-8;1-2/h2-4,6-7,11H,5,10H2,1H3;1-2H3. The first-order chi connectivity index (χ1) is 6.18. The number of aromatic hydroxyl groups is 1. The molecule has 2 nitrogen and oxygen atoms in total. The van der Waals surface area contributed by atoms with E-state index in [0.29, 0.717) is 5.75 Å². The van der Waals surface area contributed by atoms with E-state index in [9.17, 15) is 0 Å². The highest BCUT2D eigenvalue weighted by atomic mass is 16.3. The molecule has 1 unspecified atom stereocenters. The number of nitrogens with two attached hydrogens (primary N) is 1. The number of hydrogen-bond donors (Lipinski definition) is 2. The monoisotopic (exact) mass is 181 g/mol. The molecular formula is C11H19NO. The smallest absolute Gasteiger partial charge is 0.115 e. The normalized spacial score (nSPS) is 11.4. The molecule has 1 rings (SSSR count). The van der Waals surface area contributed by atoms with E-state index in [1.165, 1.54) is 0 Å². The molecule has 13 heavy (non-hydrogen) atoms. The van der Waals surface area contributed by atoms with Crippen LogP contribution in [0.3, 0.4) is 0 Å². The van der Waals surface area contributed by atoms with Gasteiger partial charge in [-0.3, -0.25) is 0 Å².